The molecule has 3 rings (SSSR count). The molecule has 1 aliphatic heterocycles. The standard InChI is InChI=1S/C21H24ClNO3/c1-20(2)13-17(16-7-5-6-8-18(16)26-20)23-19(24)21(3,4)25-15-11-9-14(22)10-12-15/h5-12,17H,13H2,1-4H3,(H,23,24)/t17-/m1/s1. The Morgan fingerprint density at radius 3 is 2.54 bits per heavy atom. The molecule has 138 valence electrons. The Morgan fingerprint density at radius 2 is 1.85 bits per heavy atom. The van der Waals surface area contributed by atoms with Crippen molar-refractivity contribution in [2.75, 3.05) is 0 Å². The molecule has 0 fully saturated rings. The lowest BCUT2D eigenvalue weighted by molar-refractivity contribution is -0.135. The zero-order valence-electron chi connectivity index (χ0n) is 15.5. The second-order valence-electron chi connectivity index (χ2n) is 7.70. The third-order valence-corrected chi connectivity index (χ3v) is 4.67. The summed E-state index contributed by atoms with van der Waals surface area (Å²) in [5.41, 5.74) is -0.388. The lowest BCUT2D eigenvalue weighted by Crippen LogP contribution is -2.50. The van der Waals surface area contributed by atoms with Crippen molar-refractivity contribution in [2.45, 2.75) is 51.4 Å². The highest BCUT2D eigenvalue weighted by molar-refractivity contribution is 6.30. The minimum Gasteiger partial charge on any atom is -0.487 e. The third-order valence-electron chi connectivity index (χ3n) is 4.42. The van der Waals surface area contributed by atoms with Gasteiger partial charge in [-0.1, -0.05) is 29.8 Å². The summed E-state index contributed by atoms with van der Waals surface area (Å²) in [6, 6.07) is 14.7. The molecule has 2 aromatic carbocycles. The van der Waals surface area contributed by atoms with E-state index < -0.39 is 5.60 Å². The highest BCUT2D eigenvalue weighted by atomic mass is 35.5. The van der Waals surface area contributed by atoms with Crippen molar-refractivity contribution in [3.63, 3.8) is 0 Å². The van der Waals surface area contributed by atoms with E-state index in [1.165, 1.54) is 0 Å². The van der Waals surface area contributed by atoms with E-state index in [2.05, 4.69) is 5.32 Å². The van der Waals surface area contributed by atoms with Gasteiger partial charge in [0.05, 0.1) is 6.04 Å². The molecule has 0 aliphatic carbocycles. The van der Waals surface area contributed by atoms with Crippen molar-refractivity contribution in [3.8, 4) is 11.5 Å². The van der Waals surface area contributed by atoms with Crippen LogP contribution in [0.3, 0.4) is 0 Å². The van der Waals surface area contributed by atoms with Gasteiger partial charge in [0.25, 0.3) is 5.91 Å². The first kappa shape index (κ1) is 18.6. The molecule has 0 radical (unpaired) electrons. The van der Waals surface area contributed by atoms with Crippen molar-refractivity contribution in [1.82, 2.24) is 5.32 Å². The zero-order valence-corrected chi connectivity index (χ0v) is 16.3. The average Bonchev–Trinajstić information content (AvgIpc) is 2.55. The highest BCUT2D eigenvalue weighted by Gasteiger charge is 2.38. The Hall–Kier alpha value is -2.20. The molecule has 4 nitrogen and oxygen atoms in total. The van der Waals surface area contributed by atoms with E-state index in [0.717, 1.165) is 11.3 Å². The number of para-hydroxylation sites is 1. The first-order valence-corrected chi connectivity index (χ1v) is 9.08. The summed E-state index contributed by atoms with van der Waals surface area (Å²) in [5.74, 6) is 1.23. The number of fused-ring (bicyclic) bond motifs is 1. The molecule has 1 aliphatic rings. The van der Waals surface area contributed by atoms with Crippen LogP contribution in [0.15, 0.2) is 48.5 Å². The third kappa shape index (κ3) is 4.13. The van der Waals surface area contributed by atoms with Crippen LogP contribution in [0.1, 0.15) is 45.7 Å². The lowest BCUT2D eigenvalue weighted by Gasteiger charge is -2.39. The largest absolute Gasteiger partial charge is 0.487 e. The molecule has 0 saturated carbocycles. The van der Waals surface area contributed by atoms with Gasteiger partial charge in [-0.25, -0.2) is 0 Å². The van der Waals surface area contributed by atoms with Crippen LogP contribution in [0.25, 0.3) is 0 Å². The molecular formula is C21H24ClNO3. The zero-order chi connectivity index (χ0) is 18.9. The van der Waals surface area contributed by atoms with E-state index in [9.17, 15) is 4.79 Å². The second kappa shape index (κ2) is 6.84. The molecule has 1 atom stereocenters. The van der Waals surface area contributed by atoms with Crippen molar-refractivity contribution < 1.29 is 14.3 Å². The molecule has 0 aromatic heterocycles. The molecule has 0 unspecified atom stereocenters. The Kier molecular flexibility index (Phi) is 4.89. The molecule has 1 N–H and O–H groups in total. The van der Waals surface area contributed by atoms with Crippen molar-refractivity contribution >= 4 is 17.5 Å². The van der Waals surface area contributed by atoms with Gasteiger partial charge in [-0.3, -0.25) is 4.79 Å². The lowest BCUT2D eigenvalue weighted by atomic mass is 9.89. The summed E-state index contributed by atoms with van der Waals surface area (Å²) in [6.07, 6.45) is 0.687. The summed E-state index contributed by atoms with van der Waals surface area (Å²) in [5, 5.41) is 3.76. The number of benzene rings is 2. The first-order valence-electron chi connectivity index (χ1n) is 8.70. The summed E-state index contributed by atoms with van der Waals surface area (Å²) >= 11 is 5.90. The van der Waals surface area contributed by atoms with E-state index in [4.69, 9.17) is 21.1 Å². The minimum atomic E-state index is -1.02. The SMILES string of the molecule is CC1(C)C[C@@H](NC(=O)C(C)(C)Oc2ccc(Cl)cc2)c2ccccc2O1. The number of rotatable bonds is 4. The van der Waals surface area contributed by atoms with E-state index in [1.54, 1.807) is 38.1 Å². The number of carbonyl (C=O) groups excluding carboxylic acids is 1. The molecule has 1 amide bonds. The summed E-state index contributed by atoms with van der Waals surface area (Å²) in [7, 11) is 0. The normalized spacial score (nSPS) is 18.4. The number of amides is 1. The van der Waals surface area contributed by atoms with E-state index in [0.29, 0.717) is 17.2 Å². The van der Waals surface area contributed by atoms with Crippen molar-refractivity contribution in [3.05, 3.63) is 59.1 Å². The van der Waals surface area contributed by atoms with Crippen molar-refractivity contribution in [2.24, 2.45) is 0 Å². The highest BCUT2D eigenvalue weighted by Crippen LogP contribution is 2.39. The predicted octanol–water partition coefficient (Wildman–Crippen LogP) is 4.92. The number of ether oxygens (including phenoxy) is 2. The molecule has 0 bridgehead atoms. The van der Waals surface area contributed by atoms with E-state index >= 15 is 0 Å². The maximum atomic E-state index is 12.9. The van der Waals surface area contributed by atoms with E-state index in [1.807, 2.05) is 38.1 Å². The Bertz CT molecular complexity index is 799. The number of hydrogen-bond acceptors (Lipinski definition) is 3. The maximum Gasteiger partial charge on any atom is 0.264 e. The predicted molar refractivity (Wildman–Crippen MR) is 103 cm³/mol. The quantitative estimate of drug-likeness (QED) is 0.827. The van der Waals surface area contributed by atoms with Crippen molar-refractivity contribution in [1.29, 1.82) is 0 Å². The van der Waals surface area contributed by atoms with Crippen LogP contribution in [0.5, 0.6) is 11.5 Å². The fraction of sp³-hybridized carbons (Fsp3) is 0.381. The van der Waals surface area contributed by atoms with Gasteiger partial charge in [0.15, 0.2) is 5.60 Å². The Balaban J connectivity index is 1.77. The van der Waals surface area contributed by atoms with Crippen LogP contribution in [0.4, 0.5) is 0 Å². The van der Waals surface area contributed by atoms with Crippen LogP contribution < -0.4 is 14.8 Å². The second-order valence-corrected chi connectivity index (χ2v) is 8.13. The van der Waals surface area contributed by atoms with Gasteiger partial charge in [-0.15, -0.1) is 0 Å². The van der Waals surface area contributed by atoms with Crippen LogP contribution in [-0.2, 0) is 4.79 Å². The number of carbonyl (C=O) groups is 1. The Morgan fingerprint density at radius 1 is 1.19 bits per heavy atom. The fourth-order valence-electron chi connectivity index (χ4n) is 3.11. The summed E-state index contributed by atoms with van der Waals surface area (Å²) in [6.45, 7) is 7.57. The molecule has 26 heavy (non-hydrogen) atoms. The molecule has 0 saturated heterocycles. The van der Waals surface area contributed by atoms with Gasteiger partial charge >= 0.3 is 0 Å². The van der Waals surface area contributed by atoms with Gasteiger partial charge in [-0.2, -0.15) is 0 Å². The number of nitrogens with one attached hydrogen (secondary N) is 1. The number of halogens is 1. The topological polar surface area (TPSA) is 47.6 Å². The summed E-state index contributed by atoms with van der Waals surface area (Å²) < 4.78 is 11.9. The van der Waals surface area contributed by atoms with Gasteiger partial charge in [-0.05, 0) is 58.0 Å². The molecule has 5 heteroatoms. The molecule has 0 spiro atoms. The van der Waals surface area contributed by atoms with Crippen LogP contribution in [0, 0.1) is 0 Å². The smallest absolute Gasteiger partial charge is 0.264 e. The van der Waals surface area contributed by atoms with Crippen LogP contribution in [-0.4, -0.2) is 17.1 Å². The van der Waals surface area contributed by atoms with Gasteiger partial charge in [0.1, 0.15) is 17.1 Å². The fourth-order valence-corrected chi connectivity index (χ4v) is 3.23. The molecule has 2 aromatic rings. The minimum absolute atomic E-state index is 0.129. The van der Waals surface area contributed by atoms with Crippen LogP contribution >= 0.6 is 11.6 Å². The van der Waals surface area contributed by atoms with Gasteiger partial charge in [0.2, 0.25) is 0 Å². The monoisotopic (exact) mass is 373 g/mol. The van der Waals surface area contributed by atoms with Crippen LogP contribution in [0.2, 0.25) is 5.02 Å². The van der Waals surface area contributed by atoms with E-state index in [-0.39, 0.29) is 17.6 Å². The first-order chi connectivity index (χ1) is 12.2. The van der Waals surface area contributed by atoms with Gasteiger partial charge in [0, 0.05) is 17.0 Å². The molecule has 1 heterocycles. The molecular weight excluding hydrogens is 350 g/mol. The Labute approximate surface area is 159 Å². The average molecular weight is 374 g/mol. The van der Waals surface area contributed by atoms with Gasteiger partial charge < -0.3 is 14.8 Å². The number of hydrogen-bond donors (Lipinski definition) is 1. The maximum absolute atomic E-state index is 12.9. The summed E-state index contributed by atoms with van der Waals surface area (Å²) in [4.78, 5) is 12.9.